The first-order valence-electron chi connectivity index (χ1n) is 5.77. The number of carbonyl (C=O) groups is 1. The van der Waals surface area contributed by atoms with Gasteiger partial charge in [-0.3, -0.25) is 4.79 Å². The Bertz CT molecular complexity index is 185. The first-order valence-corrected chi connectivity index (χ1v) is 5.77. The van der Waals surface area contributed by atoms with Crippen LogP contribution in [-0.4, -0.2) is 19.1 Å². The molecule has 0 spiro atoms. The molecule has 0 saturated heterocycles. The molecule has 0 amide bonds. The molecule has 1 unspecified atom stereocenters. The van der Waals surface area contributed by atoms with E-state index < -0.39 is 0 Å². The van der Waals surface area contributed by atoms with Crippen LogP contribution in [0.2, 0.25) is 0 Å². The molecular formula is C12H25NO2. The van der Waals surface area contributed by atoms with E-state index in [2.05, 4.69) is 20.8 Å². The number of carbonyl (C=O) groups excluding carboxylic acids is 1. The highest BCUT2D eigenvalue weighted by atomic mass is 16.5. The van der Waals surface area contributed by atoms with Crippen molar-refractivity contribution in [3.8, 4) is 0 Å². The number of esters is 1. The third kappa shape index (κ3) is 7.37. The van der Waals surface area contributed by atoms with E-state index in [1.807, 2.05) is 6.92 Å². The molecule has 0 aromatic rings. The van der Waals surface area contributed by atoms with Crippen molar-refractivity contribution in [2.45, 2.75) is 47.0 Å². The van der Waals surface area contributed by atoms with Gasteiger partial charge in [-0.2, -0.15) is 0 Å². The molecule has 0 fully saturated rings. The van der Waals surface area contributed by atoms with E-state index in [-0.39, 0.29) is 17.3 Å². The lowest BCUT2D eigenvalue weighted by Gasteiger charge is -2.21. The Labute approximate surface area is 93.4 Å². The maximum absolute atomic E-state index is 11.6. The van der Waals surface area contributed by atoms with E-state index in [0.29, 0.717) is 13.2 Å². The molecule has 3 heteroatoms. The van der Waals surface area contributed by atoms with Crippen molar-refractivity contribution in [2.75, 3.05) is 13.2 Å². The van der Waals surface area contributed by atoms with Crippen molar-refractivity contribution >= 4 is 5.97 Å². The molecule has 0 aromatic heterocycles. The summed E-state index contributed by atoms with van der Waals surface area (Å²) in [5.41, 5.74) is 5.76. The standard InChI is InChI=1S/C12H25NO2/c1-5-15-11(14)10(7-9-13)6-8-12(2,3)4/h10H,5-9,13H2,1-4H3. The van der Waals surface area contributed by atoms with Crippen molar-refractivity contribution in [3.63, 3.8) is 0 Å². The number of rotatable bonds is 6. The fraction of sp³-hybridized carbons (Fsp3) is 0.917. The molecule has 0 radical (unpaired) electrons. The average molecular weight is 215 g/mol. The summed E-state index contributed by atoms with van der Waals surface area (Å²) in [4.78, 5) is 11.6. The van der Waals surface area contributed by atoms with Crippen molar-refractivity contribution in [1.82, 2.24) is 0 Å². The van der Waals surface area contributed by atoms with Gasteiger partial charge in [0.05, 0.1) is 12.5 Å². The molecule has 15 heavy (non-hydrogen) atoms. The maximum Gasteiger partial charge on any atom is 0.308 e. The molecule has 0 bridgehead atoms. The van der Waals surface area contributed by atoms with Crippen LogP contribution in [0.15, 0.2) is 0 Å². The molecular weight excluding hydrogens is 190 g/mol. The number of ether oxygens (including phenoxy) is 1. The Morgan fingerprint density at radius 2 is 1.93 bits per heavy atom. The summed E-state index contributed by atoms with van der Waals surface area (Å²) in [5, 5.41) is 0. The van der Waals surface area contributed by atoms with Gasteiger partial charge in [-0.1, -0.05) is 20.8 Å². The van der Waals surface area contributed by atoms with Crippen molar-refractivity contribution in [1.29, 1.82) is 0 Å². The second kappa shape index (κ2) is 6.83. The van der Waals surface area contributed by atoms with Gasteiger partial charge >= 0.3 is 5.97 Å². The normalized spacial score (nSPS) is 13.7. The average Bonchev–Trinajstić information content (AvgIpc) is 2.11. The molecule has 3 nitrogen and oxygen atoms in total. The topological polar surface area (TPSA) is 52.3 Å². The minimum atomic E-state index is -0.0906. The van der Waals surface area contributed by atoms with Crippen molar-refractivity contribution < 1.29 is 9.53 Å². The van der Waals surface area contributed by atoms with Crippen LogP contribution in [0.1, 0.15) is 47.0 Å². The van der Waals surface area contributed by atoms with Crippen LogP contribution in [0, 0.1) is 11.3 Å². The predicted octanol–water partition coefficient (Wildman–Crippen LogP) is 2.34. The fourth-order valence-corrected chi connectivity index (χ4v) is 1.45. The number of nitrogens with two attached hydrogens (primary N) is 1. The Balaban J connectivity index is 4.09. The van der Waals surface area contributed by atoms with Crippen LogP contribution in [0.25, 0.3) is 0 Å². The summed E-state index contributed by atoms with van der Waals surface area (Å²) < 4.78 is 5.03. The molecule has 90 valence electrons. The van der Waals surface area contributed by atoms with Gasteiger partial charge in [0.25, 0.3) is 0 Å². The molecule has 0 aromatic carbocycles. The van der Waals surface area contributed by atoms with E-state index in [4.69, 9.17) is 10.5 Å². The van der Waals surface area contributed by atoms with Crippen LogP contribution in [0.4, 0.5) is 0 Å². The molecule has 0 rings (SSSR count). The second-order valence-electron chi connectivity index (χ2n) is 5.13. The third-order valence-electron chi connectivity index (χ3n) is 2.38. The zero-order valence-electron chi connectivity index (χ0n) is 10.5. The lowest BCUT2D eigenvalue weighted by Crippen LogP contribution is -2.22. The van der Waals surface area contributed by atoms with Crippen LogP contribution in [0.3, 0.4) is 0 Å². The quantitative estimate of drug-likeness (QED) is 0.692. The lowest BCUT2D eigenvalue weighted by atomic mass is 9.86. The number of hydrogen-bond acceptors (Lipinski definition) is 3. The van der Waals surface area contributed by atoms with Crippen LogP contribution in [-0.2, 0) is 9.53 Å². The monoisotopic (exact) mass is 215 g/mol. The number of hydrogen-bond donors (Lipinski definition) is 1. The second-order valence-corrected chi connectivity index (χ2v) is 5.13. The zero-order valence-corrected chi connectivity index (χ0v) is 10.5. The van der Waals surface area contributed by atoms with Crippen molar-refractivity contribution in [2.24, 2.45) is 17.1 Å². The Morgan fingerprint density at radius 3 is 2.33 bits per heavy atom. The highest BCUT2D eigenvalue weighted by Crippen LogP contribution is 2.25. The van der Waals surface area contributed by atoms with Gasteiger partial charge < -0.3 is 10.5 Å². The van der Waals surface area contributed by atoms with E-state index in [9.17, 15) is 4.79 Å². The van der Waals surface area contributed by atoms with E-state index in [1.165, 1.54) is 0 Å². The smallest absolute Gasteiger partial charge is 0.308 e. The molecule has 1 atom stereocenters. The van der Waals surface area contributed by atoms with Gasteiger partial charge in [-0.15, -0.1) is 0 Å². The Morgan fingerprint density at radius 1 is 1.33 bits per heavy atom. The molecule has 2 N–H and O–H groups in total. The van der Waals surface area contributed by atoms with Crippen LogP contribution < -0.4 is 5.73 Å². The van der Waals surface area contributed by atoms with E-state index >= 15 is 0 Å². The summed E-state index contributed by atoms with van der Waals surface area (Å²) in [6.45, 7) is 9.37. The van der Waals surface area contributed by atoms with Crippen LogP contribution >= 0.6 is 0 Å². The lowest BCUT2D eigenvalue weighted by molar-refractivity contribution is -0.148. The summed E-state index contributed by atoms with van der Waals surface area (Å²) >= 11 is 0. The fourth-order valence-electron chi connectivity index (χ4n) is 1.45. The van der Waals surface area contributed by atoms with E-state index in [1.54, 1.807) is 0 Å². The highest BCUT2D eigenvalue weighted by molar-refractivity contribution is 5.72. The van der Waals surface area contributed by atoms with Gasteiger partial charge in [0.1, 0.15) is 0 Å². The summed E-state index contributed by atoms with van der Waals surface area (Å²) in [5.74, 6) is -0.110. The van der Waals surface area contributed by atoms with Gasteiger partial charge in [0.15, 0.2) is 0 Å². The first-order chi connectivity index (χ1) is 6.90. The predicted molar refractivity (Wildman–Crippen MR) is 62.5 cm³/mol. The largest absolute Gasteiger partial charge is 0.466 e. The van der Waals surface area contributed by atoms with Gasteiger partial charge in [0.2, 0.25) is 0 Å². The zero-order chi connectivity index (χ0) is 11.9. The molecule has 0 saturated carbocycles. The SMILES string of the molecule is CCOC(=O)C(CCN)CCC(C)(C)C. The summed E-state index contributed by atoms with van der Waals surface area (Å²) in [6.07, 6.45) is 2.63. The third-order valence-corrected chi connectivity index (χ3v) is 2.38. The minimum absolute atomic E-state index is 0.0193. The highest BCUT2D eigenvalue weighted by Gasteiger charge is 2.21. The molecule has 0 aliphatic heterocycles. The first kappa shape index (κ1) is 14.4. The molecule has 0 aliphatic rings. The summed E-state index contributed by atoms with van der Waals surface area (Å²) in [6, 6.07) is 0. The van der Waals surface area contributed by atoms with Gasteiger partial charge in [0, 0.05) is 0 Å². The Hall–Kier alpha value is -0.570. The maximum atomic E-state index is 11.6. The molecule has 0 heterocycles. The minimum Gasteiger partial charge on any atom is -0.466 e. The van der Waals surface area contributed by atoms with E-state index in [0.717, 1.165) is 19.3 Å². The Kier molecular flexibility index (Phi) is 6.57. The van der Waals surface area contributed by atoms with Gasteiger partial charge in [-0.05, 0) is 38.1 Å². The van der Waals surface area contributed by atoms with Gasteiger partial charge in [-0.25, -0.2) is 0 Å². The summed E-state index contributed by atoms with van der Waals surface area (Å²) in [7, 11) is 0. The van der Waals surface area contributed by atoms with Crippen LogP contribution in [0.5, 0.6) is 0 Å². The molecule has 0 aliphatic carbocycles. The van der Waals surface area contributed by atoms with Crippen molar-refractivity contribution in [3.05, 3.63) is 0 Å².